The molecule has 0 rings (SSSR count). The molecule has 0 saturated carbocycles. The third kappa shape index (κ3) is 4.02. The zero-order chi connectivity index (χ0) is 6.08. The van der Waals surface area contributed by atoms with Gasteiger partial charge < -0.3 is 4.70 Å². The Bertz CT molecular complexity index is 57.9. The molecule has 0 aliphatic rings. The fourth-order valence-electron chi connectivity index (χ4n) is 0. The summed E-state index contributed by atoms with van der Waals surface area (Å²) in [6.45, 7) is 3.94. The van der Waals surface area contributed by atoms with Crippen LogP contribution in [-0.2, 0) is 0 Å². The van der Waals surface area contributed by atoms with Crippen molar-refractivity contribution in [1.82, 2.24) is 0 Å². The van der Waals surface area contributed by atoms with Crippen LogP contribution >= 0.6 is 0 Å². The summed E-state index contributed by atoms with van der Waals surface area (Å²) in [5.74, 6) is 0. The smallest absolute Gasteiger partial charge is 0.113 e. The zero-order valence-electron chi connectivity index (χ0n) is 5.85. The van der Waals surface area contributed by atoms with Crippen LogP contribution in [0.25, 0.3) is 0 Å². The van der Waals surface area contributed by atoms with Gasteiger partial charge in [0.25, 0.3) is 0 Å². The van der Waals surface area contributed by atoms with E-state index in [9.17, 15) is 0 Å². The first-order chi connectivity index (χ1) is 2.94. The van der Waals surface area contributed by atoms with Gasteiger partial charge in [-0.25, -0.2) is 5.21 Å². The van der Waals surface area contributed by atoms with Crippen LogP contribution in [0.3, 0.4) is 0 Å². The topological polar surface area (TPSA) is 20.2 Å². The summed E-state index contributed by atoms with van der Waals surface area (Å²) in [4.78, 5) is 0. The third-order valence-corrected chi connectivity index (χ3v) is 1.26. The minimum Gasteiger partial charge on any atom is -1.00 e. The van der Waals surface area contributed by atoms with E-state index in [0.29, 0.717) is 6.04 Å². The molecule has 3 heteroatoms. The monoisotopic (exact) mass is 123 g/mol. The predicted octanol–water partition coefficient (Wildman–Crippen LogP) is -2.14. The lowest BCUT2D eigenvalue weighted by molar-refractivity contribution is -1.09. The standard InChI is InChI=1S/C5H14NO.FH/c1-5(2)6(3,4)7;/h5,7H,1-4H3;1H/q+1;/p-1. The lowest BCUT2D eigenvalue weighted by Gasteiger charge is -2.23. The average molecular weight is 123 g/mol. The van der Waals surface area contributed by atoms with Crippen LogP contribution in [0.5, 0.6) is 0 Å². The van der Waals surface area contributed by atoms with Gasteiger partial charge in [0.1, 0.15) is 6.04 Å². The van der Waals surface area contributed by atoms with Crippen LogP contribution in [0, 0.1) is 0 Å². The Labute approximate surface area is 49.6 Å². The van der Waals surface area contributed by atoms with Crippen molar-refractivity contribution >= 4 is 0 Å². The molecule has 0 unspecified atom stereocenters. The molecule has 0 saturated heterocycles. The molecule has 0 aromatic heterocycles. The molecule has 0 amide bonds. The van der Waals surface area contributed by atoms with Crippen molar-refractivity contribution in [3.8, 4) is 0 Å². The molecule has 52 valence electrons. The highest BCUT2D eigenvalue weighted by Gasteiger charge is 2.14. The summed E-state index contributed by atoms with van der Waals surface area (Å²) < 4.78 is 0.0556. The fourth-order valence-corrected chi connectivity index (χ4v) is 0. The molecule has 0 aromatic rings. The number of halogens is 1. The third-order valence-electron chi connectivity index (χ3n) is 1.26. The summed E-state index contributed by atoms with van der Waals surface area (Å²) in [5, 5.41) is 9.03. The molecule has 0 atom stereocenters. The van der Waals surface area contributed by atoms with E-state index >= 15 is 0 Å². The fraction of sp³-hybridized carbons (Fsp3) is 1.00. The number of hydrogen-bond acceptors (Lipinski definition) is 1. The SMILES string of the molecule is CC(C)[N+](C)(C)O.[F-]. The molecule has 0 aromatic carbocycles. The Kier molecular flexibility index (Phi) is 4.03. The lowest BCUT2D eigenvalue weighted by Crippen LogP contribution is -3.00. The maximum absolute atomic E-state index is 9.03. The first-order valence-electron chi connectivity index (χ1n) is 2.51. The number of nitrogens with zero attached hydrogens (tertiary/aromatic N) is 1. The summed E-state index contributed by atoms with van der Waals surface area (Å²) >= 11 is 0. The molecule has 0 fully saturated rings. The largest absolute Gasteiger partial charge is 1.00 e. The molecule has 0 radical (unpaired) electrons. The quantitative estimate of drug-likeness (QED) is 0.312. The van der Waals surface area contributed by atoms with E-state index in [1.807, 2.05) is 13.8 Å². The number of hydroxylamine groups is 3. The second kappa shape index (κ2) is 2.99. The van der Waals surface area contributed by atoms with Gasteiger partial charge in [-0.05, 0) is 13.8 Å². The lowest BCUT2D eigenvalue weighted by atomic mass is 10.4. The van der Waals surface area contributed by atoms with Crippen molar-refractivity contribution in [2.24, 2.45) is 0 Å². The maximum Gasteiger partial charge on any atom is 0.113 e. The van der Waals surface area contributed by atoms with E-state index in [2.05, 4.69) is 0 Å². The van der Waals surface area contributed by atoms with Gasteiger partial charge in [0, 0.05) is 0 Å². The van der Waals surface area contributed by atoms with Crippen LogP contribution in [0.4, 0.5) is 0 Å². The molecule has 8 heavy (non-hydrogen) atoms. The van der Waals surface area contributed by atoms with E-state index in [-0.39, 0.29) is 9.35 Å². The molecular weight excluding hydrogens is 109 g/mol. The van der Waals surface area contributed by atoms with Crippen molar-refractivity contribution in [3.63, 3.8) is 0 Å². The van der Waals surface area contributed by atoms with Crippen LogP contribution in [0.15, 0.2) is 0 Å². The highest BCUT2D eigenvalue weighted by atomic mass is 19.0. The Morgan fingerprint density at radius 1 is 1.25 bits per heavy atom. The molecule has 0 bridgehead atoms. The normalized spacial score (nSPS) is 11.2. The summed E-state index contributed by atoms with van der Waals surface area (Å²) in [6, 6.07) is 0.292. The highest BCUT2D eigenvalue weighted by molar-refractivity contribution is 4.28. The predicted molar refractivity (Wildman–Crippen MR) is 29.0 cm³/mol. The maximum atomic E-state index is 9.03. The van der Waals surface area contributed by atoms with Crippen molar-refractivity contribution in [3.05, 3.63) is 0 Å². The number of rotatable bonds is 1. The van der Waals surface area contributed by atoms with E-state index in [4.69, 9.17) is 5.21 Å². The van der Waals surface area contributed by atoms with E-state index in [0.717, 1.165) is 0 Å². The van der Waals surface area contributed by atoms with E-state index in [1.54, 1.807) is 14.1 Å². The van der Waals surface area contributed by atoms with Crippen molar-refractivity contribution in [2.45, 2.75) is 19.9 Å². The Hall–Kier alpha value is -0.150. The summed E-state index contributed by atoms with van der Waals surface area (Å²) in [5.41, 5.74) is 0. The van der Waals surface area contributed by atoms with Crippen molar-refractivity contribution in [1.29, 1.82) is 0 Å². The van der Waals surface area contributed by atoms with Gasteiger partial charge in [0.15, 0.2) is 0 Å². The van der Waals surface area contributed by atoms with Gasteiger partial charge in [-0.3, -0.25) is 0 Å². The van der Waals surface area contributed by atoms with Gasteiger partial charge in [0.05, 0.1) is 14.1 Å². The van der Waals surface area contributed by atoms with Crippen LogP contribution < -0.4 is 4.70 Å². The van der Waals surface area contributed by atoms with E-state index in [1.165, 1.54) is 0 Å². The van der Waals surface area contributed by atoms with Gasteiger partial charge in [-0.2, -0.15) is 4.65 Å². The second-order valence-electron chi connectivity index (χ2n) is 2.57. The molecule has 0 aliphatic carbocycles. The highest BCUT2D eigenvalue weighted by Crippen LogP contribution is 1.97. The Morgan fingerprint density at radius 3 is 1.38 bits per heavy atom. The molecule has 2 nitrogen and oxygen atoms in total. The van der Waals surface area contributed by atoms with Crippen molar-refractivity contribution < 1.29 is 14.6 Å². The molecule has 1 N–H and O–H groups in total. The second-order valence-corrected chi connectivity index (χ2v) is 2.57. The molecule has 0 aliphatic heterocycles. The molecular formula is C5H14FNO. The Balaban J connectivity index is 0. The Morgan fingerprint density at radius 2 is 1.38 bits per heavy atom. The minimum absolute atomic E-state index is 0. The average Bonchev–Trinajstić information content (AvgIpc) is 1.31. The summed E-state index contributed by atoms with van der Waals surface area (Å²) in [6.07, 6.45) is 0. The minimum atomic E-state index is 0. The van der Waals surface area contributed by atoms with Gasteiger partial charge in [-0.15, -0.1) is 0 Å². The summed E-state index contributed by atoms with van der Waals surface area (Å²) in [7, 11) is 3.51. The zero-order valence-corrected chi connectivity index (χ0v) is 5.85. The van der Waals surface area contributed by atoms with Gasteiger partial charge in [0.2, 0.25) is 0 Å². The first-order valence-corrected chi connectivity index (χ1v) is 2.51. The van der Waals surface area contributed by atoms with Crippen LogP contribution in [-0.4, -0.2) is 30.0 Å². The van der Waals surface area contributed by atoms with Gasteiger partial charge >= 0.3 is 0 Å². The molecule has 0 spiro atoms. The van der Waals surface area contributed by atoms with Crippen molar-refractivity contribution in [2.75, 3.05) is 14.1 Å². The first kappa shape index (κ1) is 10.8. The molecule has 0 heterocycles. The van der Waals surface area contributed by atoms with E-state index < -0.39 is 0 Å². The van der Waals surface area contributed by atoms with Crippen LogP contribution in [0.2, 0.25) is 0 Å². The number of quaternary nitrogens is 1. The number of hydrogen-bond donors (Lipinski definition) is 1. The van der Waals surface area contributed by atoms with Gasteiger partial charge in [-0.1, -0.05) is 0 Å². The van der Waals surface area contributed by atoms with Crippen LogP contribution in [0.1, 0.15) is 13.8 Å².